The molecule has 0 fully saturated rings. The van der Waals surface area contributed by atoms with E-state index < -0.39 is 10.0 Å². The topological polar surface area (TPSA) is 46.2 Å². The molecular formula is C19H25NO2S. The molecule has 0 aliphatic heterocycles. The van der Waals surface area contributed by atoms with Gasteiger partial charge in [-0.25, -0.2) is 13.1 Å². The van der Waals surface area contributed by atoms with Crippen molar-refractivity contribution in [2.75, 3.05) is 6.54 Å². The molecule has 3 nitrogen and oxygen atoms in total. The predicted octanol–water partition coefficient (Wildman–Crippen LogP) is 3.83. The maximum absolute atomic E-state index is 12.5. The molecule has 1 N–H and O–H groups in total. The number of rotatable bonds is 6. The lowest BCUT2D eigenvalue weighted by molar-refractivity contribution is 0.577. The van der Waals surface area contributed by atoms with Crippen molar-refractivity contribution in [1.29, 1.82) is 0 Å². The van der Waals surface area contributed by atoms with Crippen LogP contribution >= 0.6 is 0 Å². The second kappa shape index (κ2) is 7.28. The Balaban J connectivity index is 2.00. The van der Waals surface area contributed by atoms with Crippen molar-refractivity contribution < 1.29 is 8.42 Å². The van der Waals surface area contributed by atoms with Crippen molar-refractivity contribution in [2.45, 2.75) is 45.4 Å². The molecule has 2 aromatic rings. The van der Waals surface area contributed by atoms with Gasteiger partial charge in [0.05, 0.1) is 4.90 Å². The molecule has 124 valence electrons. The first-order valence-electron chi connectivity index (χ1n) is 7.92. The van der Waals surface area contributed by atoms with E-state index in [1.807, 2.05) is 39.0 Å². The first-order valence-corrected chi connectivity index (χ1v) is 9.41. The first-order chi connectivity index (χ1) is 10.8. The van der Waals surface area contributed by atoms with Crippen LogP contribution in [0.3, 0.4) is 0 Å². The Bertz CT molecular complexity index is 772. The Labute approximate surface area is 139 Å². The van der Waals surface area contributed by atoms with Gasteiger partial charge in [0.2, 0.25) is 10.0 Å². The molecule has 0 amide bonds. The van der Waals surface area contributed by atoms with Gasteiger partial charge in [0.1, 0.15) is 0 Å². The van der Waals surface area contributed by atoms with E-state index >= 15 is 0 Å². The molecule has 0 radical (unpaired) electrons. The number of sulfonamides is 1. The minimum Gasteiger partial charge on any atom is -0.211 e. The summed E-state index contributed by atoms with van der Waals surface area (Å²) in [6.45, 7) is 8.19. The molecule has 2 aromatic carbocycles. The van der Waals surface area contributed by atoms with E-state index in [-0.39, 0.29) is 0 Å². The highest BCUT2D eigenvalue weighted by molar-refractivity contribution is 7.89. The lowest BCUT2D eigenvalue weighted by atomic mass is 10.1. The van der Waals surface area contributed by atoms with Crippen molar-refractivity contribution in [3.63, 3.8) is 0 Å². The Morgan fingerprint density at radius 2 is 1.57 bits per heavy atom. The van der Waals surface area contributed by atoms with Crippen molar-refractivity contribution in [2.24, 2.45) is 0 Å². The molecular weight excluding hydrogens is 306 g/mol. The van der Waals surface area contributed by atoms with Gasteiger partial charge in [-0.2, -0.15) is 0 Å². The zero-order valence-corrected chi connectivity index (χ0v) is 15.1. The lowest BCUT2D eigenvalue weighted by Gasteiger charge is -2.13. The van der Waals surface area contributed by atoms with Crippen LogP contribution < -0.4 is 4.72 Å². The van der Waals surface area contributed by atoms with Crippen LogP contribution in [0.2, 0.25) is 0 Å². The average molecular weight is 331 g/mol. The molecule has 0 atom stereocenters. The van der Waals surface area contributed by atoms with Crippen molar-refractivity contribution in [1.82, 2.24) is 4.72 Å². The van der Waals surface area contributed by atoms with Gasteiger partial charge in [0.25, 0.3) is 0 Å². The minimum absolute atomic E-state index is 0.415. The Morgan fingerprint density at radius 1 is 0.913 bits per heavy atom. The smallest absolute Gasteiger partial charge is 0.211 e. The fraction of sp³-hybridized carbons (Fsp3) is 0.368. The number of hydrogen-bond donors (Lipinski definition) is 1. The summed E-state index contributed by atoms with van der Waals surface area (Å²) in [4.78, 5) is 0.415. The van der Waals surface area contributed by atoms with Crippen molar-refractivity contribution in [3.8, 4) is 0 Å². The summed E-state index contributed by atoms with van der Waals surface area (Å²) in [6, 6.07) is 12.1. The molecule has 0 saturated carbocycles. The van der Waals surface area contributed by atoms with Crippen LogP contribution in [0.1, 0.15) is 34.2 Å². The third kappa shape index (κ3) is 4.66. The summed E-state index contributed by atoms with van der Waals surface area (Å²) in [5.74, 6) is 0. The highest BCUT2D eigenvalue weighted by Crippen LogP contribution is 2.21. The second-order valence-corrected chi connectivity index (χ2v) is 7.92. The summed E-state index contributed by atoms with van der Waals surface area (Å²) >= 11 is 0. The van der Waals surface area contributed by atoms with Crippen molar-refractivity contribution >= 4 is 10.0 Å². The maximum Gasteiger partial charge on any atom is 0.241 e. The van der Waals surface area contributed by atoms with E-state index in [1.165, 1.54) is 11.1 Å². The Kier molecular flexibility index (Phi) is 5.60. The zero-order chi connectivity index (χ0) is 17.0. The largest absolute Gasteiger partial charge is 0.241 e. The molecule has 4 heteroatoms. The maximum atomic E-state index is 12.5. The van der Waals surface area contributed by atoms with Crippen LogP contribution in [0.4, 0.5) is 0 Å². The molecule has 0 heterocycles. The molecule has 0 aliphatic carbocycles. The molecule has 0 bridgehead atoms. The SMILES string of the molecule is Cc1cccc(CCCNS(=O)(=O)c2c(C)cc(C)cc2C)c1. The van der Waals surface area contributed by atoms with E-state index in [4.69, 9.17) is 0 Å². The molecule has 0 spiro atoms. The first kappa shape index (κ1) is 17.7. The van der Waals surface area contributed by atoms with Gasteiger partial charge in [-0.05, 0) is 57.2 Å². The van der Waals surface area contributed by atoms with Gasteiger partial charge in [-0.3, -0.25) is 0 Å². The number of nitrogens with one attached hydrogen (secondary N) is 1. The standard InChI is InChI=1S/C19H25NO2S/c1-14-7-5-8-18(13-14)9-6-10-20-23(21,22)19-16(3)11-15(2)12-17(19)4/h5,7-8,11-13,20H,6,9-10H2,1-4H3. The predicted molar refractivity (Wildman–Crippen MR) is 95.3 cm³/mol. The van der Waals surface area contributed by atoms with E-state index in [0.717, 1.165) is 29.5 Å². The molecule has 0 aromatic heterocycles. The van der Waals surface area contributed by atoms with E-state index in [0.29, 0.717) is 11.4 Å². The summed E-state index contributed by atoms with van der Waals surface area (Å²) in [7, 11) is -3.45. The number of hydrogen-bond acceptors (Lipinski definition) is 2. The zero-order valence-electron chi connectivity index (χ0n) is 14.3. The van der Waals surface area contributed by atoms with Gasteiger partial charge >= 0.3 is 0 Å². The van der Waals surface area contributed by atoms with Crippen LogP contribution in [0.5, 0.6) is 0 Å². The monoisotopic (exact) mass is 331 g/mol. The highest BCUT2D eigenvalue weighted by Gasteiger charge is 2.19. The third-order valence-corrected chi connectivity index (χ3v) is 5.66. The molecule has 0 unspecified atom stereocenters. The molecule has 2 rings (SSSR count). The highest BCUT2D eigenvalue weighted by atomic mass is 32.2. The fourth-order valence-electron chi connectivity index (χ4n) is 3.03. The summed E-state index contributed by atoms with van der Waals surface area (Å²) in [6.07, 6.45) is 1.66. The van der Waals surface area contributed by atoms with E-state index in [9.17, 15) is 8.42 Å². The third-order valence-electron chi connectivity index (χ3n) is 3.89. The molecule has 0 aliphatic rings. The summed E-state index contributed by atoms with van der Waals surface area (Å²) in [5, 5.41) is 0. The van der Waals surface area contributed by atoms with E-state index in [2.05, 4.69) is 29.8 Å². The summed E-state index contributed by atoms with van der Waals surface area (Å²) < 4.78 is 27.8. The van der Waals surface area contributed by atoms with Gasteiger partial charge in [-0.15, -0.1) is 0 Å². The number of aryl methyl sites for hydroxylation is 5. The Morgan fingerprint density at radius 3 is 2.17 bits per heavy atom. The fourth-order valence-corrected chi connectivity index (χ4v) is 4.55. The average Bonchev–Trinajstić information content (AvgIpc) is 2.42. The van der Waals surface area contributed by atoms with Gasteiger partial charge in [0, 0.05) is 6.54 Å². The summed E-state index contributed by atoms with van der Waals surface area (Å²) in [5.41, 5.74) is 5.15. The second-order valence-electron chi connectivity index (χ2n) is 6.22. The van der Waals surface area contributed by atoms with Gasteiger partial charge < -0.3 is 0 Å². The minimum atomic E-state index is -3.45. The van der Waals surface area contributed by atoms with Crippen LogP contribution in [-0.4, -0.2) is 15.0 Å². The van der Waals surface area contributed by atoms with E-state index in [1.54, 1.807) is 0 Å². The van der Waals surface area contributed by atoms with Crippen LogP contribution in [0.25, 0.3) is 0 Å². The lowest BCUT2D eigenvalue weighted by Crippen LogP contribution is -2.26. The molecule has 23 heavy (non-hydrogen) atoms. The van der Waals surface area contributed by atoms with Crippen LogP contribution in [-0.2, 0) is 16.4 Å². The van der Waals surface area contributed by atoms with Crippen molar-refractivity contribution in [3.05, 3.63) is 64.2 Å². The van der Waals surface area contributed by atoms with Gasteiger partial charge in [0.15, 0.2) is 0 Å². The normalized spacial score (nSPS) is 11.7. The quantitative estimate of drug-likeness (QED) is 0.818. The van der Waals surface area contributed by atoms with Crippen LogP contribution in [0.15, 0.2) is 41.3 Å². The van der Waals surface area contributed by atoms with Gasteiger partial charge in [-0.1, -0.05) is 47.5 Å². The van der Waals surface area contributed by atoms with Crippen LogP contribution in [0, 0.1) is 27.7 Å². The Hall–Kier alpha value is -1.65. The number of benzene rings is 2. The molecule has 0 saturated heterocycles.